The molecule has 0 saturated carbocycles. The van der Waals surface area contributed by atoms with Gasteiger partial charge in [-0.2, -0.15) is 0 Å². The van der Waals surface area contributed by atoms with E-state index in [2.05, 4.69) is 33.7 Å². The maximum atomic E-state index is 12.1. The zero-order chi connectivity index (χ0) is 15.7. The second-order valence-electron chi connectivity index (χ2n) is 5.56. The summed E-state index contributed by atoms with van der Waals surface area (Å²) in [6.07, 6.45) is 1.60. The highest BCUT2D eigenvalue weighted by atomic mass is 16.1. The molecule has 2 heterocycles. The molecule has 1 amide bonds. The van der Waals surface area contributed by atoms with Gasteiger partial charge in [-0.1, -0.05) is 19.9 Å². The molecule has 3 aromatic rings. The smallest absolute Gasteiger partial charge is 0.274 e. The molecule has 0 aliphatic heterocycles. The number of nitrogens with one attached hydrogen (secondary N) is 1. The van der Waals surface area contributed by atoms with Gasteiger partial charge in [0.1, 0.15) is 11.5 Å². The predicted molar refractivity (Wildman–Crippen MR) is 87.0 cm³/mol. The largest absolute Gasteiger partial charge is 0.331 e. The van der Waals surface area contributed by atoms with Gasteiger partial charge >= 0.3 is 0 Å². The van der Waals surface area contributed by atoms with Crippen LogP contribution in [0.5, 0.6) is 0 Å². The molecular weight excluding hydrogens is 276 g/mol. The fraction of sp³-hybridized carbons (Fsp3) is 0.235. The SMILES string of the molecule is CC(C)c1nc2cc(NC(=O)c3ccccn3)ccc2n1C. The number of rotatable bonds is 3. The number of anilines is 1. The standard InChI is InChI=1S/C17H18N4O/c1-11(2)16-20-14-10-12(7-8-15(14)21(16)3)19-17(22)13-6-4-5-9-18-13/h4-11H,1-3H3,(H,19,22). The lowest BCUT2D eigenvalue weighted by Gasteiger charge is -2.05. The Morgan fingerprint density at radius 1 is 1.23 bits per heavy atom. The van der Waals surface area contributed by atoms with E-state index in [9.17, 15) is 4.79 Å². The minimum atomic E-state index is -0.222. The van der Waals surface area contributed by atoms with Gasteiger partial charge in [0.05, 0.1) is 11.0 Å². The average molecular weight is 294 g/mol. The fourth-order valence-corrected chi connectivity index (χ4v) is 2.50. The van der Waals surface area contributed by atoms with E-state index in [-0.39, 0.29) is 5.91 Å². The Morgan fingerprint density at radius 2 is 2.05 bits per heavy atom. The maximum absolute atomic E-state index is 12.1. The number of aryl methyl sites for hydroxylation is 1. The summed E-state index contributed by atoms with van der Waals surface area (Å²) in [6.45, 7) is 4.23. The molecule has 1 N–H and O–H groups in total. The summed E-state index contributed by atoms with van der Waals surface area (Å²) in [5, 5.41) is 2.86. The quantitative estimate of drug-likeness (QED) is 0.806. The molecule has 0 bridgehead atoms. The molecule has 0 spiro atoms. The first-order chi connectivity index (χ1) is 10.6. The van der Waals surface area contributed by atoms with E-state index in [1.165, 1.54) is 0 Å². The molecule has 0 radical (unpaired) electrons. The number of carbonyl (C=O) groups is 1. The topological polar surface area (TPSA) is 59.8 Å². The summed E-state index contributed by atoms with van der Waals surface area (Å²) in [5.41, 5.74) is 3.05. The predicted octanol–water partition coefficient (Wildman–Crippen LogP) is 3.34. The number of fused-ring (bicyclic) bond motifs is 1. The molecule has 112 valence electrons. The van der Waals surface area contributed by atoms with Crippen molar-refractivity contribution in [1.82, 2.24) is 14.5 Å². The van der Waals surface area contributed by atoms with Crippen molar-refractivity contribution in [2.24, 2.45) is 7.05 Å². The van der Waals surface area contributed by atoms with E-state index in [1.807, 2.05) is 25.2 Å². The number of hydrogen-bond acceptors (Lipinski definition) is 3. The van der Waals surface area contributed by atoms with E-state index in [4.69, 9.17) is 0 Å². The number of pyridine rings is 1. The minimum absolute atomic E-state index is 0.222. The highest BCUT2D eigenvalue weighted by molar-refractivity contribution is 6.03. The number of imidazole rings is 1. The van der Waals surface area contributed by atoms with Crippen LogP contribution in [-0.2, 0) is 7.05 Å². The molecule has 1 aromatic carbocycles. The van der Waals surface area contributed by atoms with E-state index < -0.39 is 0 Å². The Balaban J connectivity index is 1.91. The second kappa shape index (κ2) is 5.60. The Hall–Kier alpha value is -2.69. The Labute approximate surface area is 129 Å². The highest BCUT2D eigenvalue weighted by Crippen LogP contribution is 2.23. The lowest BCUT2D eigenvalue weighted by molar-refractivity contribution is 0.102. The van der Waals surface area contributed by atoms with Crippen molar-refractivity contribution >= 4 is 22.6 Å². The normalized spacial score (nSPS) is 11.1. The van der Waals surface area contributed by atoms with Gasteiger partial charge in [0.15, 0.2) is 0 Å². The fourth-order valence-electron chi connectivity index (χ4n) is 2.50. The van der Waals surface area contributed by atoms with Crippen LogP contribution in [-0.4, -0.2) is 20.4 Å². The van der Waals surface area contributed by atoms with E-state index in [0.29, 0.717) is 11.6 Å². The summed E-state index contributed by atoms with van der Waals surface area (Å²) in [6, 6.07) is 11.0. The first kappa shape index (κ1) is 14.3. The summed E-state index contributed by atoms with van der Waals surface area (Å²) in [4.78, 5) is 20.8. The van der Waals surface area contributed by atoms with Gasteiger partial charge in [-0.3, -0.25) is 9.78 Å². The molecule has 0 aliphatic rings. The lowest BCUT2D eigenvalue weighted by Crippen LogP contribution is -2.13. The summed E-state index contributed by atoms with van der Waals surface area (Å²) >= 11 is 0. The van der Waals surface area contributed by atoms with Gasteiger partial charge in [0, 0.05) is 24.8 Å². The van der Waals surface area contributed by atoms with Gasteiger partial charge < -0.3 is 9.88 Å². The van der Waals surface area contributed by atoms with Crippen LogP contribution in [0.25, 0.3) is 11.0 Å². The monoisotopic (exact) mass is 294 g/mol. The number of carbonyl (C=O) groups excluding carboxylic acids is 1. The van der Waals surface area contributed by atoms with Crippen molar-refractivity contribution in [3.05, 3.63) is 54.1 Å². The number of amides is 1. The average Bonchev–Trinajstić information content (AvgIpc) is 2.85. The zero-order valence-corrected chi connectivity index (χ0v) is 12.9. The van der Waals surface area contributed by atoms with Crippen LogP contribution >= 0.6 is 0 Å². The van der Waals surface area contributed by atoms with Gasteiger partial charge in [-0.05, 0) is 30.3 Å². The van der Waals surface area contributed by atoms with Crippen LogP contribution in [0.1, 0.15) is 36.1 Å². The Kier molecular flexibility index (Phi) is 3.63. The van der Waals surface area contributed by atoms with E-state index in [0.717, 1.165) is 22.5 Å². The summed E-state index contributed by atoms with van der Waals surface area (Å²) < 4.78 is 2.09. The van der Waals surface area contributed by atoms with Crippen LogP contribution in [0, 0.1) is 0 Å². The maximum Gasteiger partial charge on any atom is 0.274 e. The molecule has 0 aliphatic carbocycles. The first-order valence-corrected chi connectivity index (χ1v) is 7.25. The molecule has 22 heavy (non-hydrogen) atoms. The van der Waals surface area contributed by atoms with Crippen molar-refractivity contribution < 1.29 is 4.79 Å². The third kappa shape index (κ3) is 2.57. The Bertz CT molecular complexity index is 821. The molecule has 0 fully saturated rings. The molecule has 0 saturated heterocycles. The highest BCUT2D eigenvalue weighted by Gasteiger charge is 2.12. The molecule has 0 atom stereocenters. The molecule has 0 unspecified atom stereocenters. The molecule has 3 rings (SSSR count). The van der Waals surface area contributed by atoms with Crippen molar-refractivity contribution in [2.75, 3.05) is 5.32 Å². The van der Waals surface area contributed by atoms with E-state index in [1.54, 1.807) is 24.4 Å². The van der Waals surface area contributed by atoms with Crippen molar-refractivity contribution in [1.29, 1.82) is 0 Å². The number of nitrogens with zero attached hydrogens (tertiary/aromatic N) is 3. The van der Waals surface area contributed by atoms with Gasteiger partial charge in [0.2, 0.25) is 0 Å². The molecule has 5 nitrogen and oxygen atoms in total. The van der Waals surface area contributed by atoms with Gasteiger partial charge in [-0.15, -0.1) is 0 Å². The number of benzene rings is 1. The minimum Gasteiger partial charge on any atom is -0.331 e. The van der Waals surface area contributed by atoms with Gasteiger partial charge in [0.25, 0.3) is 5.91 Å². The van der Waals surface area contributed by atoms with E-state index >= 15 is 0 Å². The summed E-state index contributed by atoms with van der Waals surface area (Å²) in [7, 11) is 2.01. The lowest BCUT2D eigenvalue weighted by atomic mass is 10.2. The molecule has 2 aromatic heterocycles. The number of hydrogen-bond donors (Lipinski definition) is 1. The second-order valence-corrected chi connectivity index (χ2v) is 5.56. The van der Waals surface area contributed by atoms with Crippen LogP contribution in [0.15, 0.2) is 42.6 Å². The van der Waals surface area contributed by atoms with Crippen LogP contribution in [0.2, 0.25) is 0 Å². The van der Waals surface area contributed by atoms with Crippen LogP contribution in [0.4, 0.5) is 5.69 Å². The third-order valence-electron chi connectivity index (χ3n) is 3.59. The van der Waals surface area contributed by atoms with Crippen LogP contribution in [0.3, 0.4) is 0 Å². The van der Waals surface area contributed by atoms with Crippen molar-refractivity contribution in [3.63, 3.8) is 0 Å². The summed E-state index contributed by atoms with van der Waals surface area (Å²) in [5.74, 6) is 1.16. The zero-order valence-electron chi connectivity index (χ0n) is 12.9. The van der Waals surface area contributed by atoms with Gasteiger partial charge in [-0.25, -0.2) is 4.98 Å². The molecular formula is C17H18N4O. The third-order valence-corrected chi connectivity index (χ3v) is 3.59. The first-order valence-electron chi connectivity index (χ1n) is 7.25. The Morgan fingerprint density at radius 3 is 2.73 bits per heavy atom. The number of aromatic nitrogens is 3. The van der Waals surface area contributed by atoms with Crippen LogP contribution < -0.4 is 5.32 Å². The van der Waals surface area contributed by atoms with Crippen molar-refractivity contribution in [3.8, 4) is 0 Å². The van der Waals surface area contributed by atoms with Crippen molar-refractivity contribution in [2.45, 2.75) is 19.8 Å². The molecule has 5 heteroatoms.